The van der Waals surface area contributed by atoms with E-state index >= 15 is 0 Å². The average Bonchev–Trinajstić information content (AvgIpc) is 2.59. The molecule has 0 atom stereocenters. The molecule has 0 aliphatic rings. The first-order valence-corrected chi connectivity index (χ1v) is 10.8. The van der Waals surface area contributed by atoms with Crippen LogP contribution in [-0.4, -0.2) is 28.7 Å². The lowest BCUT2D eigenvalue weighted by atomic mass is 10.1. The zero-order chi connectivity index (χ0) is 21.0. The highest BCUT2D eigenvalue weighted by atomic mass is 127. The van der Waals surface area contributed by atoms with Crippen LogP contribution < -0.4 is 15.4 Å². The lowest BCUT2D eigenvalue weighted by Crippen LogP contribution is -2.37. The number of amides is 1. The van der Waals surface area contributed by atoms with E-state index in [1.807, 2.05) is 59.0 Å². The first-order chi connectivity index (χ1) is 13.1. The molecule has 0 bridgehead atoms. The summed E-state index contributed by atoms with van der Waals surface area (Å²) in [6, 6.07) is 6.80. The maximum Gasteiger partial charge on any atom is 0.337 e. The number of rotatable bonds is 5. The van der Waals surface area contributed by atoms with Gasteiger partial charge in [0.1, 0.15) is 5.75 Å². The van der Waals surface area contributed by atoms with E-state index in [4.69, 9.17) is 28.6 Å². The van der Waals surface area contributed by atoms with Crippen molar-refractivity contribution in [2.45, 2.75) is 13.8 Å². The Morgan fingerprint density at radius 1 is 1.18 bits per heavy atom. The normalized spacial score (nSPS) is 10.3. The summed E-state index contributed by atoms with van der Waals surface area (Å²) in [5.41, 5.74) is 2.09. The van der Waals surface area contributed by atoms with Crippen molar-refractivity contribution in [3.05, 3.63) is 53.1 Å². The number of benzene rings is 2. The molecule has 0 saturated heterocycles. The topological polar surface area (TPSA) is 87.7 Å². The largest absolute Gasteiger partial charge is 0.484 e. The molecule has 2 rings (SSSR count). The van der Waals surface area contributed by atoms with E-state index in [0.29, 0.717) is 20.0 Å². The number of hydrogen-bond donors (Lipinski definition) is 3. The van der Waals surface area contributed by atoms with Gasteiger partial charge >= 0.3 is 5.97 Å². The fourth-order valence-corrected chi connectivity index (χ4v) is 4.62. The van der Waals surface area contributed by atoms with E-state index in [0.717, 1.165) is 14.7 Å². The third-order valence-corrected chi connectivity index (χ3v) is 5.83. The number of nitrogens with one attached hydrogen (secondary N) is 2. The molecule has 148 valence electrons. The van der Waals surface area contributed by atoms with Crippen LogP contribution in [0.15, 0.2) is 24.3 Å². The van der Waals surface area contributed by atoms with Gasteiger partial charge < -0.3 is 15.2 Å². The second-order valence-electron chi connectivity index (χ2n) is 5.78. The van der Waals surface area contributed by atoms with Gasteiger partial charge in [-0.05, 0) is 107 Å². The van der Waals surface area contributed by atoms with Crippen molar-refractivity contribution in [1.82, 2.24) is 5.32 Å². The van der Waals surface area contributed by atoms with Crippen molar-refractivity contribution < 1.29 is 19.4 Å². The summed E-state index contributed by atoms with van der Waals surface area (Å²) in [6.07, 6.45) is 0. The van der Waals surface area contributed by atoms with Crippen LogP contribution in [0.1, 0.15) is 21.5 Å². The number of halogens is 3. The van der Waals surface area contributed by atoms with Crippen LogP contribution >= 0.6 is 69.0 Å². The van der Waals surface area contributed by atoms with Crippen molar-refractivity contribution in [3.8, 4) is 5.75 Å². The molecule has 0 spiro atoms. The molecule has 2 aromatic carbocycles. The van der Waals surface area contributed by atoms with Gasteiger partial charge in [-0.2, -0.15) is 0 Å². The van der Waals surface area contributed by atoms with Gasteiger partial charge in [0, 0.05) is 12.2 Å². The molecule has 10 heteroatoms. The Morgan fingerprint density at radius 2 is 1.79 bits per heavy atom. The van der Waals surface area contributed by atoms with E-state index in [9.17, 15) is 14.7 Å². The zero-order valence-corrected chi connectivity index (χ0v) is 20.6. The van der Waals surface area contributed by atoms with E-state index in [1.165, 1.54) is 6.07 Å². The number of anilines is 1. The zero-order valence-electron chi connectivity index (χ0n) is 14.7. The van der Waals surface area contributed by atoms with Gasteiger partial charge in [0.25, 0.3) is 5.91 Å². The molecule has 0 saturated carbocycles. The molecule has 0 heterocycles. The van der Waals surface area contributed by atoms with Crippen LogP contribution in [0.3, 0.4) is 0 Å². The minimum Gasteiger partial charge on any atom is -0.484 e. The molecule has 0 unspecified atom stereocenters. The van der Waals surface area contributed by atoms with Crippen LogP contribution in [-0.2, 0) is 4.79 Å². The minimum atomic E-state index is -1.09. The van der Waals surface area contributed by atoms with Gasteiger partial charge in [0.2, 0.25) is 0 Å². The molecule has 0 aliphatic heterocycles. The van der Waals surface area contributed by atoms with Gasteiger partial charge in [0.15, 0.2) is 11.7 Å². The maximum absolute atomic E-state index is 12.1. The smallest absolute Gasteiger partial charge is 0.337 e. The Kier molecular flexibility index (Phi) is 8.28. The predicted octanol–water partition coefficient (Wildman–Crippen LogP) is 4.76. The Balaban J connectivity index is 2.00. The van der Waals surface area contributed by atoms with Crippen molar-refractivity contribution in [1.29, 1.82) is 0 Å². The molecule has 28 heavy (non-hydrogen) atoms. The minimum absolute atomic E-state index is 0.0151. The number of carbonyl (C=O) groups is 2. The van der Waals surface area contributed by atoms with Crippen LogP contribution in [0.5, 0.6) is 5.75 Å². The van der Waals surface area contributed by atoms with Gasteiger partial charge in [-0.3, -0.25) is 10.1 Å². The van der Waals surface area contributed by atoms with Crippen LogP contribution in [0.25, 0.3) is 0 Å². The molecule has 0 radical (unpaired) electrons. The summed E-state index contributed by atoms with van der Waals surface area (Å²) in [5.74, 6) is -1.04. The van der Waals surface area contributed by atoms with Crippen LogP contribution in [0.2, 0.25) is 5.02 Å². The van der Waals surface area contributed by atoms with Crippen molar-refractivity contribution in [2.24, 2.45) is 0 Å². The molecule has 2 aromatic rings. The number of thiocarbonyl (C=S) groups is 1. The number of aromatic carboxylic acids is 1. The standard InChI is InChI=1S/C18H15ClI2N2O4S/c1-8-3-11(4-9(2)15(8)19)27-7-14(24)22-18(28)23-16-12(17(25)26)5-10(20)6-13(16)21/h3-6H,7H2,1-2H3,(H,25,26)(H2,22,23,24,28). The lowest BCUT2D eigenvalue weighted by molar-refractivity contribution is -0.121. The first kappa shape index (κ1) is 23.1. The van der Waals surface area contributed by atoms with Gasteiger partial charge in [-0.15, -0.1) is 0 Å². The highest BCUT2D eigenvalue weighted by molar-refractivity contribution is 14.1. The second kappa shape index (κ2) is 10.0. The van der Waals surface area contributed by atoms with E-state index < -0.39 is 11.9 Å². The molecular weight excluding hydrogens is 630 g/mol. The predicted molar refractivity (Wildman–Crippen MR) is 130 cm³/mol. The summed E-state index contributed by atoms with van der Waals surface area (Å²) in [5, 5.41) is 15.3. The maximum atomic E-state index is 12.1. The van der Waals surface area contributed by atoms with Gasteiger partial charge in [0.05, 0.1) is 11.3 Å². The quantitative estimate of drug-likeness (QED) is 0.322. The van der Waals surface area contributed by atoms with Gasteiger partial charge in [-0.1, -0.05) is 11.6 Å². The van der Waals surface area contributed by atoms with Crippen molar-refractivity contribution >= 4 is 91.7 Å². The average molecular weight is 645 g/mol. The third kappa shape index (κ3) is 6.16. The van der Waals surface area contributed by atoms with Crippen molar-refractivity contribution in [3.63, 3.8) is 0 Å². The summed E-state index contributed by atoms with van der Waals surface area (Å²) < 4.78 is 6.93. The van der Waals surface area contributed by atoms with Crippen molar-refractivity contribution in [2.75, 3.05) is 11.9 Å². The van der Waals surface area contributed by atoms with Gasteiger partial charge in [-0.25, -0.2) is 4.79 Å². The highest BCUT2D eigenvalue weighted by Gasteiger charge is 2.17. The fraction of sp³-hybridized carbons (Fsp3) is 0.167. The second-order valence-corrected chi connectivity index (χ2v) is 8.97. The number of hydrogen-bond acceptors (Lipinski definition) is 4. The highest BCUT2D eigenvalue weighted by Crippen LogP contribution is 2.27. The molecule has 3 N–H and O–H groups in total. The number of carboxylic acids is 1. The van der Waals surface area contributed by atoms with E-state index in [1.54, 1.807) is 18.2 Å². The summed E-state index contributed by atoms with van der Waals surface area (Å²) in [4.78, 5) is 23.6. The summed E-state index contributed by atoms with van der Waals surface area (Å²) in [6.45, 7) is 3.45. The third-order valence-electron chi connectivity index (χ3n) is 3.56. The number of carbonyl (C=O) groups excluding carboxylic acids is 1. The molecule has 1 amide bonds. The number of aryl methyl sites for hydroxylation is 2. The van der Waals surface area contributed by atoms with Crippen LogP contribution in [0, 0.1) is 21.0 Å². The first-order valence-electron chi connectivity index (χ1n) is 7.81. The fourth-order valence-electron chi connectivity index (χ4n) is 2.32. The Bertz CT molecular complexity index is 946. The van der Waals surface area contributed by atoms with Crippen LogP contribution in [0.4, 0.5) is 5.69 Å². The Labute approximate surface area is 199 Å². The van der Waals surface area contributed by atoms with E-state index in [-0.39, 0.29) is 17.3 Å². The molecule has 0 aliphatic carbocycles. The van der Waals surface area contributed by atoms with E-state index in [2.05, 4.69) is 10.6 Å². The Morgan fingerprint density at radius 3 is 2.36 bits per heavy atom. The monoisotopic (exact) mass is 644 g/mol. The molecule has 0 fully saturated rings. The SMILES string of the molecule is Cc1cc(OCC(=O)NC(=S)Nc2c(I)cc(I)cc2C(=O)O)cc(C)c1Cl. The summed E-state index contributed by atoms with van der Waals surface area (Å²) in [7, 11) is 0. The molecular formula is C18H15ClI2N2O4S. The lowest BCUT2D eigenvalue weighted by Gasteiger charge is -2.14. The summed E-state index contributed by atoms with van der Waals surface area (Å²) >= 11 is 15.3. The molecule has 6 nitrogen and oxygen atoms in total. The molecule has 0 aromatic heterocycles. The number of ether oxygens (including phenoxy) is 1. The number of carboxylic acid groups (broad SMARTS) is 1. The Hall–Kier alpha value is -1.18.